The minimum absolute atomic E-state index is 0.0122. The van der Waals surface area contributed by atoms with Crippen LogP contribution in [0.1, 0.15) is 27.2 Å². The van der Waals surface area contributed by atoms with Crippen molar-refractivity contribution in [2.24, 2.45) is 0 Å². The first-order valence-electron chi connectivity index (χ1n) is 9.83. The van der Waals surface area contributed by atoms with Gasteiger partial charge >= 0.3 is 6.09 Å². The Labute approximate surface area is 168 Å². The number of amides is 1. The number of carbonyl (C=O) groups is 1. The SMILES string of the molecule is C=CCOC(=O)N1C[C@H](O[Si](C)(C)C(C)(C)C)C[C@H]1Cn1ccn2nccc12. The summed E-state index contributed by atoms with van der Waals surface area (Å²) in [4.78, 5) is 14.5. The molecule has 0 aliphatic carbocycles. The summed E-state index contributed by atoms with van der Waals surface area (Å²) in [5.41, 5.74) is 1.01. The number of fused-ring (bicyclic) bond motifs is 1. The van der Waals surface area contributed by atoms with Crippen molar-refractivity contribution >= 4 is 20.1 Å². The van der Waals surface area contributed by atoms with Crippen molar-refractivity contribution in [1.29, 1.82) is 0 Å². The van der Waals surface area contributed by atoms with Gasteiger partial charge in [-0.25, -0.2) is 9.31 Å². The van der Waals surface area contributed by atoms with E-state index in [2.05, 4.69) is 50.1 Å². The summed E-state index contributed by atoms with van der Waals surface area (Å²) in [6.07, 6.45) is 7.82. The lowest BCUT2D eigenvalue weighted by molar-refractivity contribution is 0.101. The van der Waals surface area contributed by atoms with E-state index in [0.29, 0.717) is 13.1 Å². The van der Waals surface area contributed by atoms with Crippen LogP contribution >= 0.6 is 0 Å². The van der Waals surface area contributed by atoms with Gasteiger partial charge in [-0.15, -0.1) is 0 Å². The lowest BCUT2D eigenvalue weighted by Crippen LogP contribution is -2.45. The molecule has 3 heterocycles. The van der Waals surface area contributed by atoms with E-state index in [4.69, 9.17) is 9.16 Å². The van der Waals surface area contributed by atoms with E-state index in [1.807, 2.05) is 27.9 Å². The standard InChI is InChI=1S/C20H32N4O3Si/c1-7-12-26-19(25)23-15-17(27-28(5,6)20(2,3)4)13-16(23)14-22-10-11-24-18(22)8-9-21-24/h7-11,16-17H,1,12-15H2,2-6H3/t16-,17+/m0/s1. The molecular formula is C20H32N4O3Si. The van der Waals surface area contributed by atoms with Crippen molar-refractivity contribution in [3.63, 3.8) is 0 Å². The Morgan fingerprint density at radius 3 is 2.82 bits per heavy atom. The second-order valence-electron chi connectivity index (χ2n) is 8.99. The Balaban J connectivity index is 1.77. The third-order valence-corrected chi connectivity index (χ3v) is 10.5. The lowest BCUT2D eigenvalue weighted by Gasteiger charge is -2.38. The van der Waals surface area contributed by atoms with E-state index in [1.54, 1.807) is 12.3 Å². The van der Waals surface area contributed by atoms with Gasteiger partial charge in [0.25, 0.3) is 0 Å². The second-order valence-corrected chi connectivity index (χ2v) is 13.7. The van der Waals surface area contributed by atoms with Crippen LogP contribution in [0.5, 0.6) is 0 Å². The molecule has 0 spiro atoms. The van der Waals surface area contributed by atoms with Gasteiger partial charge in [-0.3, -0.25) is 0 Å². The monoisotopic (exact) mass is 404 g/mol. The van der Waals surface area contributed by atoms with E-state index >= 15 is 0 Å². The Kier molecular flexibility index (Phi) is 5.72. The zero-order valence-electron chi connectivity index (χ0n) is 17.6. The van der Waals surface area contributed by atoms with Gasteiger partial charge in [0.05, 0.1) is 18.3 Å². The number of hydrogen-bond acceptors (Lipinski definition) is 4. The molecule has 0 aromatic carbocycles. The maximum Gasteiger partial charge on any atom is 0.410 e. The molecular weight excluding hydrogens is 372 g/mol. The Hall–Kier alpha value is -2.06. The average Bonchev–Trinajstić information content (AvgIpc) is 3.29. The van der Waals surface area contributed by atoms with E-state index in [0.717, 1.165) is 12.1 Å². The fourth-order valence-electron chi connectivity index (χ4n) is 3.41. The quantitative estimate of drug-likeness (QED) is 0.541. The summed E-state index contributed by atoms with van der Waals surface area (Å²) in [5.74, 6) is 0. The van der Waals surface area contributed by atoms with E-state index in [1.165, 1.54) is 0 Å². The Morgan fingerprint density at radius 2 is 2.14 bits per heavy atom. The summed E-state index contributed by atoms with van der Waals surface area (Å²) in [5, 5.41) is 4.39. The number of nitrogens with zero attached hydrogens (tertiary/aromatic N) is 4. The predicted molar refractivity (Wildman–Crippen MR) is 112 cm³/mol. The largest absolute Gasteiger partial charge is 0.445 e. The first-order valence-corrected chi connectivity index (χ1v) is 12.7. The van der Waals surface area contributed by atoms with Gasteiger partial charge in [-0.2, -0.15) is 5.10 Å². The molecule has 154 valence electrons. The van der Waals surface area contributed by atoms with Gasteiger partial charge in [0.1, 0.15) is 12.3 Å². The molecule has 1 saturated heterocycles. The smallest absolute Gasteiger partial charge is 0.410 e. The number of likely N-dealkylation sites (tertiary alicyclic amines) is 1. The fraction of sp³-hybridized carbons (Fsp3) is 0.600. The van der Waals surface area contributed by atoms with Crippen LogP contribution in [0.15, 0.2) is 37.3 Å². The summed E-state index contributed by atoms with van der Waals surface area (Å²) in [7, 11) is -1.92. The number of hydrogen-bond donors (Lipinski definition) is 0. The van der Waals surface area contributed by atoms with Crippen molar-refractivity contribution in [2.45, 2.75) is 64.0 Å². The summed E-state index contributed by atoms with van der Waals surface area (Å²) in [6, 6.07) is 1.98. The van der Waals surface area contributed by atoms with Crippen LogP contribution in [0.3, 0.4) is 0 Å². The molecule has 1 aliphatic rings. The first kappa shape index (κ1) is 20.7. The van der Waals surface area contributed by atoms with Crippen LogP contribution in [0, 0.1) is 0 Å². The highest BCUT2D eigenvalue weighted by Gasteiger charge is 2.44. The van der Waals surface area contributed by atoms with Crippen LogP contribution < -0.4 is 0 Å². The molecule has 0 bridgehead atoms. The minimum atomic E-state index is -1.92. The molecule has 0 unspecified atom stereocenters. The summed E-state index contributed by atoms with van der Waals surface area (Å²) >= 11 is 0. The molecule has 2 aromatic rings. The van der Waals surface area contributed by atoms with Gasteiger partial charge < -0.3 is 18.6 Å². The zero-order valence-corrected chi connectivity index (χ0v) is 18.6. The molecule has 2 aromatic heterocycles. The topological polar surface area (TPSA) is 61.0 Å². The van der Waals surface area contributed by atoms with Crippen LogP contribution in [-0.4, -0.2) is 58.8 Å². The second kappa shape index (κ2) is 7.75. The first-order chi connectivity index (χ1) is 13.1. The molecule has 0 saturated carbocycles. The van der Waals surface area contributed by atoms with Crippen molar-refractivity contribution < 1.29 is 14.0 Å². The number of imidazole rings is 1. The summed E-state index contributed by atoms with van der Waals surface area (Å²) < 4.78 is 15.9. The van der Waals surface area contributed by atoms with Gasteiger partial charge in [0.2, 0.25) is 0 Å². The van der Waals surface area contributed by atoms with Crippen molar-refractivity contribution in [3.05, 3.63) is 37.3 Å². The van der Waals surface area contributed by atoms with Crippen LogP contribution in [0.4, 0.5) is 4.79 Å². The highest BCUT2D eigenvalue weighted by Crippen LogP contribution is 2.39. The molecule has 1 aliphatic heterocycles. The number of aromatic nitrogens is 3. The Bertz CT molecular complexity index is 836. The maximum atomic E-state index is 12.6. The third kappa shape index (κ3) is 4.17. The van der Waals surface area contributed by atoms with E-state index < -0.39 is 8.32 Å². The van der Waals surface area contributed by atoms with Gasteiger partial charge in [-0.1, -0.05) is 33.4 Å². The minimum Gasteiger partial charge on any atom is -0.445 e. The average molecular weight is 405 g/mol. The Morgan fingerprint density at radius 1 is 1.39 bits per heavy atom. The zero-order chi connectivity index (χ0) is 20.5. The molecule has 7 nitrogen and oxygen atoms in total. The molecule has 1 fully saturated rings. The maximum absolute atomic E-state index is 12.6. The molecule has 8 heteroatoms. The van der Waals surface area contributed by atoms with Crippen molar-refractivity contribution in [3.8, 4) is 0 Å². The van der Waals surface area contributed by atoms with E-state index in [-0.39, 0.29) is 29.9 Å². The third-order valence-electron chi connectivity index (χ3n) is 5.94. The van der Waals surface area contributed by atoms with Crippen molar-refractivity contribution in [2.75, 3.05) is 13.2 Å². The van der Waals surface area contributed by atoms with Crippen molar-refractivity contribution in [1.82, 2.24) is 19.1 Å². The number of carbonyl (C=O) groups excluding carboxylic acids is 1. The van der Waals surface area contributed by atoms with Crippen LogP contribution in [-0.2, 0) is 15.7 Å². The molecule has 0 radical (unpaired) electrons. The number of ether oxygens (including phenoxy) is 1. The highest BCUT2D eigenvalue weighted by molar-refractivity contribution is 6.74. The molecule has 2 atom stereocenters. The highest BCUT2D eigenvalue weighted by atomic mass is 28.4. The van der Waals surface area contributed by atoms with Gasteiger partial charge in [-0.05, 0) is 24.6 Å². The molecule has 3 rings (SSSR count). The summed E-state index contributed by atoms with van der Waals surface area (Å²) in [6.45, 7) is 16.3. The number of rotatable bonds is 6. The lowest BCUT2D eigenvalue weighted by atomic mass is 10.2. The van der Waals surface area contributed by atoms with E-state index in [9.17, 15) is 4.79 Å². The molecule has 1 amide bonds. The molecule has 28 heavy (non-hydrogen) atoms. The van der Waals surface area contributed by atoms with Gasteiger partial charge in [0.15, 0.2) is 8.32 Å². The van der Waals surface area contributed by atoms with Crippen LogP contribution in [0.2, 0.25) is 18.1 Å². The normalized spacial score (nSPS) is 20.7. The van der Waals surface area contributed by atoms with Crippen LogP contribution in [0.25, 0.3) is 5.65 Å². The van der Waals surface area contributed by atoms with Gasteiger partial charge in [0, 0.05) is 31.5 Å². The fourth-order valence-corrected chi connectivity index (χ4v) is 4.77. The molecule has 0 N–H and O–H groups in total. The predicted octanol–water partition coefficient (Wildman–Crippen LogP) is 3.92.